The predicted octanol–water partition coefficient (Wildman–Crippen LogP) is 4.55. The maximum Gasteiger partial charge on any atom is 0.306 e. The molecule has 29 heavy (non-hydrogen) atoms. The second-order valence-corrected chi connectivity index (χ2v) is 7.68. The summed E-state index contributed by atoms with van der Waals surface area (Å²) in [6.45, 7) is 3.98. The van der Waals surface area contributed by atoms with E-state index in [-0.39, 0.29) is 30.9 Å². The normalized spacial score (nSPS) is 12.1. The summed E-state index contributed by atoms with van der Waals surface area (Å²) in [5.74, 6) is -0.218. The Morgan fingerprint density at radius 1 is 1.03 bits per heavy atom. The maximum absolute atomic E-state index is 12.3. The van der Waals surface area contributed by atoms with Gasteiger partial charge < -0.3 is 15.0 Å². The predicted molar refractivity (Wildman–Crippen MR) is 114 cm³/mol. The third-order valence-corrected chi connectivity index (χ3v) is 4.88. The molecule has 0 aliphatic heterocycles. The number of H-pyrrole nitrogens is 1. The molecule has 152 valence electrons. The molecule has 0 unspecified atom stereocenters. The van der Waals surface area contributed by atoms with Crippen LogP contribution in [0.5, 0.6) is 0 Å². The largest absolute Gasteiger partial charge is 0.456 e. The zero-order chi connectivity index (χ0) is 20.6. The summed E-state index contributed by atoms with van der Waals surface area (Å²) in [7, 11) is 0. The molecular weight excluding hydrogens is 364 g/mol. The molecule has 2 aromatic carbocycles. The molecule has 0 aliphatic rings. The van der Waals surface area contributed by atoms with Crippen molar-refractivity contribution < 1.29 is 14.3 Å². The summed E-state index contributed by atoms with van der Waals surface area (Å²) in [5, 5.41) is 4.10. The Balaban J connectivity index is 1.48. The number of aryl methyl sites for hydroxylation is 1. The molecule has 2 N–H and O–H groups in total. The third-order valence-electron chi connectivity index (χ3n) is 4.88. The Hall–Kier alpha value is -3.08. The molecule has 1 amide bonds. The Morgan fingerprint density at radius 3 is 2.52 bits per heavy atom. The first-order valence-electron chi connectivity index (χ1n) is 10.1. The van der Waals surface area contributed by atoms with Crippen molar-refractivity contribution in [2.45, 2.75) is 39.2 Å². The molecule has 1 aromatic heterocycles. The van der Waals surface area contributed by atoms with Gasteiger partial charge in [-0.05, 0) is 36.0 Å². The van der Waals surface area contributed by atoms with Crippen molar-refractivity contribution in [3.63, 3.8) is 0 Å². The molecule has 5 nitrogen and oxygen atoms in total. The number of para-hydroxylation sites is 1. The Kier molecular flexibility index (Phi) is 7.06. The van der Waals surface area contributed by atoms with Crippen LogP contribution in [0.4, 0.5) is 0 Å². The number of ether oxygens (including phenoxy) is 1. The number of esters is 1. The smallest absolute Gasteiger partial charge is 0.306 e. The van der Waals surface area contributed by atoms with Gasteiger partial charge in [-0.1, -0.05) is 62.4 Å². The highest BCUT2D eigenvalue weighted by Gasteiger charge is 2.17. The molecule has 1 atom stereocenters. The van der Waals surface area contributed by atoms with Crippen LogP contribution in [0.25, 0.3) is 10.9 Å². The zero-order valence-corrected chi connectivity index (χ0v) is 17.0. The molecule has 0 fully saturated rings. The monoisotopic (exact) mass is 392 g/mol. The van der Waals surface area contributed by atoms with E-state index >= 15 is 0 Å². The fourth-order valence-electron chi connectivity index (χ4n) is 3.46. The summed E-state index contributed by atoms with van der Waals surface area (Å²) in [4.78, 5) is 27.6. The fraction of sp³-hybridized carbons (Fsp3) is 0.333. The summed E-state index contributed by atoms with van der Waals surface area (Å²) < 4.78 is 5.19. The van der Waals surface area contributed by atoms with Gasteiger partial charge in [0.15, 0.2) is 6.61 Å². The van der Waals surface area contributed by atoms with E-state index in [0.29, 0.717) is 12.3 Å². The van der Waals surface area contributed by atoms with Gasteiger partial charge >= 0.3 is 5.97 Å². The molecular formula is C24H28N2O3. The molecule has 0 saturated carbocycles. The highest BCUT2D eigenvalue weighted by molar-refractivity contribution is 5.84. The van der Waals surface area contributed by atoms with E-state index < -0.39 is 0 Å². The first-order valence-corrected chi connectivity index (χ1v) is 10.1. The minimum atomic E-state index is -0.370. The van der Waals surface area contributed by atoms with E-state index in [9.17, 15) is 9.59 Å². The summed E-state index contributed by atoms with van der Waals surface area (Å²) in [6.07, 6.45) is 3.55. The Morgan fingerprint density at radius 2 is 1.76 bits per heavy atom. The number of aromatic amines is 1. The van der Waals surface area contributed by atoms with Crippen molar-refractivity contribution >= 4 is 22.8 Å². The lowest BCUT2D eigenvalue weighted by atomic mass is 9.97. The van der Waals surface area contributed by atoms with Crippen LogP contribution in [-0.4, -0.2) is 23.5 Å². The highest BCUT2D eigenvalue weighted by atomic mass is 16.5. The van der Waals surface area contributed by atoms with Gasteiger partial charge in [-0.25, -0.2) is 0 Å². The minimum Gasteiger partial charge on any atom is -0.456 e. The fourth-order valence-corrected chi connectivity index (χ4v) is 3.46. The molecule has 1 heterocycles. The van der Waals surface area contributed by atoms with E-state index in [1.807, 2.05) is 60.8 Å². The first kappa shape index (κ1) is 20.6. The summed E-state index contributed by atoms with van der Waals surface area (Å²) >= 11 is 0. The van der Waals surface area contributed by atoms with Crippen LogP contribution in [0.2, 0.25) is 0 Å². The number of nitrogens with one attached hydrogen (secondary N) is 2. The first-order chi connectivity index (χ1) is 14.0. The number of aromatic nitrogens is 1. The van der Waals surface area contributed by atoms with Gasteiger partial charge in [-0.2, -0.15) is 0 Å². The van der Waals surface area contributed by atoms with Gasteiger partial charge in [0.2, 0.25) is 0 Å². The van der Waals surface area contributed by atoms with Gasteiger partial charge in [0, 0.05) is 23.5 Å². The Bertz CT molecular complexity index is 947. The van der Waals surface area contributed by atoms with Crippen molar-refractivity contribution in [3.05, 3.63) is 71.9 Å². The van der Waals surface area contributed by atoms with Gasteiger partial charge in [0.1, 0.15) is 0 Å². The average molecular weight is 392 g/mol. The molecule has 3 rings (SSSR count). The third kappa shape index (κ3) is 5.95. The van der Waals surface area contributed by atoms with Crippen molar-refractivity contribution in [2.24, 2.45) is 5.92 Å². The van der Waals surface area contributed by atoms with E-state index in [0.717, 1.165) is 28.5 Å². The molecule has 0 aliphatic carbocycles. The standard InChI is InChI=1S/C24H28N2O3/c1-17(2)14-22(18-8-4-3-5-9-18)26-23(27)16-29-24(28)13-12-19-15-25-21-11-7-6-10-20(19)21/h3-11,15,17,22,25H,12-14,16H2,1-2H3,(H,26,27)/t22-/m0/s1. The van der Waals surface area contributed by atoms with Gasteiger partial charge in [0.25, 0.3) is 5.91 Å². The number of fused-ring (bicyclic) bond motifs is 1. The van der Waals surface area contributed by atoms with Crippen LogP contribution in [0, 0.1) is 5.92 Å². The highest BCUT2D eigenvalue weighted by Crippen LogP contribution is 2.21. The SMILES string of the molecule is CC(C)C[C@H](NC(=O)COC(=O)CCc1c[nH]c2ccccc12)c1ccccc1. The average Bonchev–Trinajstić information content (AvgIpc) is 3.14. The lowest BCUT2D eigenvalue weighted by Crippen LogP contribution is -2.33. The topological polar surface area (TPSA) is 71.2 Å². The zero-order valence-electron chi connectivity index (χ0n) is 17.0. The van der Waals surface area contributed by atoms with Crippen molar-refractivity contribution in [2.75, 3.05) is 6.61 Å². The molecule has 0 saturated heterocycles. The lowest BCUT2D eigenvalue weighted by Gasteiger charge is -2.21. The number of hydrogen-bond acceptors (Lipinski definition) is 3. The second-order valence-electron chi connectivity index (χ2n) is 7.68. The van der Waals surface area contributed by atoms with Crippen LogP contribution >= 0.6 is 0 Å². The molecule has 0 bridgehead atoms. The number of carbonyl (C=O) groups excluding carboxylic acids is 2. The number of amides is 1. The van der Waals surface area contributed by atoms with Gasteiger partial charge in [0.05, 0.1) is 6.04 Å². The van der Waals surface area contributed by atoms with Crippen LogP contribution in [0.15, 0.2) is 60.8 Å². The molecule has 0 radical (unpaired) electrons. The molecule has 3 aromatic rings. The number of hydrogen-bond donors (Lipinski definition) is 2. The van der Waals surface area contributed by atoms with E-state index in [1.165, 1.54) is 0 Å². The van der Waals surface area contributed by atoms with E-state index in [4.69, 9.17) is 4.74 Å². The van der Waals surface area contributed by atoms with Crippen LogP contribution in [-0.2, 0) is 20.7 Å². The van der Waals surface area contributed by atoms with Crippen LogP contribution < -0.4 is 5.32 Å². The second kappa shape index (κ2) is 9.92. The van der Waals surface area contributed by atoms with Crippen molar-refractivity contribution in [1.82, 2.24) is 10.3 Å². The quantitative estimate of drug-likeness (QED) is 0.525. The Labute approximate surface area is 171 Å². The van der Waals surface area contributed by atoms with Crippen LogP contribution in [0.3, 0.4) is 0 Å². The number of rotatable bonds is 9. The molecule has 0 spiro atoms. The maximum atomic E-state index is 12.3. The van der Waals surface area contributed by atoms with Crippen LogP contribution in [0.1, 0.15) is 43.9 Å². The lowest BCUT2D eigenvalue weighted by molar-refractivity contribution is -0.148. The summed E-state index contributed by atoms with van der Waals surface area (Å²) in [5.41, 5.74) is 3.18. The van der Waals surface area contributed by atoms with E-state index in [2.05, 4.69) is 24.1 Å². The summed E-state index contributed by atoms with van der Waals surface area (Å²) in [6, 6.07) is 17.8. The number of benzene rings is 2. The van der Waals surface area contributed by atoms with E-state index in [1.54, 1.807) is 0 Å². The number of carbonyl (C=O) groups is 2. The molecule has 5 heteroatoms. The van der Waals surface area contributed by atoms with Gasteiger partial charge in [-0.3, -0.25) is 9.59 Å². The van der Waals surface area contributed by atoms with Gasteiger partial charge in [-0.15, -0.1) is 0 Å². The van der Waals surface area contributed by atoms with Crippen molar-refractivity contribution in [3.8, 4) is 0 Å². The minimum absolute atomic E-state index is 0.0892. The van der Waals surface area contributed by atoms with Crippen molar-refractivity contribution in [1.29, 1.82) is 0 Å².